The molecule has 4 heterocycles. The van der Waals surface area contributed by atoms with Gasteiger partial charge in [0.05, 0.1) is 30.7 Å². The minimum absolute atomic E-state index is 0.0252. The van der Waals surface area contributed by atoms with Gasteiger partial charge in [-0.05, 0) is 29.8 Å². The van der Waals surface area contributed by atoms with Crippen molar-refractivity contribution in [2.24, 2.45) is 0 Å². The van der Waals surface area contributed by atoms with Crippen molar-refractivity contribution in [3.63, 3.8) is 0 Å². The largest absolute Gasteiger partial charge is 0.412 e. The molecule has 0 saturated carbocycles. The zero-order valence-electron chi connectivity index (χ0n) is 20.5. The number of fused-ring (bicyclic) bond motifs is 1. The fourth-order valence-corrected chi connectivity index (χ4v) is 4.61. The molecule has 2 atom stereocenters. The van der Waals surface area contributed by atoms with Gasteiger partial charge in [0.1, 0.15) is 17.2 Å². The van der Waals surface area contributed by atoms with Crippen LogP contribution < -0.4 is 15.6 Å². The lowest BCUT2D eigenvalue weighted by Gasteiger charge is -2.22. The molecule has 0 bridgehead atoms. The summed E-state index contributed by atoms with van der Waals surface area (Å²) < 4.78 is 71.1. The lowest BCUT2D eigenvalue weighted by molar-refractivity contribution is -0.155. The van der Waals surface area contributed by atoms with Crippen molar-refractivity contribution in [2.45, 2.75) is 24.7 Å². The van der Waals surface area contributed by atoms with E-state index in [2.05, 4.69) is 9.97 Å². The van der Waals surface area contributed by atoms with E-state index in [-0.39, 0.29) is 34.8 Å². The number of halogens is 6. The molecule has 1 aromatic carbocycles. The molecule has 0 radical (unpaired) electrons. The van der Waals surface area contributed by atoms with Gasteiger partial charge in [-0.1, -0.05) is 23.7 Å². The van der Waals surface area contributed by atoms with E-state index in [1.54, 1.807) is 5.32 Å². The summed E-state index contributed by atoms with van der Waals surface area (Å²) in [5.41, 5.74) is -2.63. The Morgan fingerprint density at radius 2 is 1.90 bits per heavy atom. The number of hydrogen-bond donors (Lipinski definition) is 2. The number of carbonyl (C=O) groups is 2. The maximum atomic E-state index is 14.8. The smallest absolute Gasteiger partial charge is 0.391 e. The van der Waals surface area contributed by atoms with Crippen LogP contribution in [0.2, 0.25) is 5.02 Å². The summed E-state index contributed by atoms with van der Waals surface area (Å²) >= 11 is 5.83. The van der Waals surface area contributed by atoms with Gasteiger partial charge in [0, 0.05) is 17.3 Å². The molecule has 15 heteroatoms. The lowest BCUT2D eigenvalue weighted by atomic mass is 10.1. The molecular weight excluding hydrogens is 577 g/mol. The van der Waals surface area contributed by atoms with E-state index in [4.69, 9.17) is 11.6 Å². The molecule has 2 N–H and O–H groups in total. The molecule has 41 heavy (non-hydrogen) atoms. The molecule has 1 aliphatic heterocycles. The monoisotopic (exact) mass is 593 g/mol. The molecule has 5 rings (SSSR count). The van der Waals surface area contributed by atoms with E-state index >= 15 is 0 Å². The van der Waals surface area contributed by atoms with Crippen LogP contribution in [0.3, 0.4) is 0 Å². The highest BCUT2D eigenvalue weighted by Gasteiger charge is 2.42. The van der Waals surface area contributed by atoms with Crippen molar-refractivity contribution in [1.29, 1.82) is 0 Å². The second-order valence-corrected chi connectivity index (χ2v) is 9.54. The van der Waals surface area contributed by atoms with E-state index in [0.717, 1.165) is 33.9 Å². The number of carbonyl (C=O) groups excluding carboxylic acids is 2. The van der Waals surface area contributed by atoms with E-state index in [1.807, 2.05) is 0 Å². The van der Waals surface area contributed by atoms with Gasteiger partial charge in [0.2, 0.25) is 11.3 Å². The predicted octanol–water partition coefficient (Wildman–Crippen LogP) is 3.84. The van der Waals surface area contributed by atoms with Gasteiger partial charge >= 0.3 is 6.18 Å². The van der Waals surface area contributed by atoms with Gasteiger partial charge < -0.3 is 10.4 Å². The van der Waals surface area contributed by atoms with Crippen LogP contribution in [0, 0.1) is 11.6 Å². The summed E-state index contributed by atoms with van der Waals surface area (Å²) in [5, 5.41) is 11.2. The van der Waals surface area contributed by atoms with Crippen molar-refractivity contribution in [3.05, 3.63) is 92.9 Å². The van der Waals surface area contributed by atoms with Gasteiger partial charge in [-0.15, -0.1) is 0 Å². The zero-order valence-corrected chi connectivity index (χ0v) is 21.2. The Hall–Kier alpha value is -4.43. The van der Waals surface area contributed by atoms with Crippen molar-refractivity contribution >= 4 is 40.3 Å². The van der Waals surface area contributed by atoms with E-state index in [0.29, 0.717) is 12.3 Å². The molecule has 0 aliphatic carbocycles. The normalized spacial score (nSPS) is 16.3. The summed E-state index contributed by atoms with van der Waals surface area (Å²) in [4.78, 5) is 47.8. The minimum atomic E-state index is -5.00. The number of aromatic nitrogens is 3. The first-order valence-electron chi connectivity index (χ1n) is 11.8. The van der Waals surface area contributed by atoms with Gasteiger partial charge in [-0.3, -0.25) is 23.9 Å². The topological polar surface area (TPSA) is 117 Å². The molecule has 3 aromatic heterocycles. The molecule has 212 valence electrons. The van der Waals surface area contributed by atoms with Gasteiger partial charge in [-0.25, -0.2) is 18.7 Å². The average Bonchev–Trinajstić information content (AvgIpc) is 3.24. The van der Waals surface area contributed by atoms with Crippen LogP contribution in [0.1, 0.15) is 28.4 Å². The van der Waals surface area contributed by atoms with Crippen LogP contribution in [0.4, 0.5) is 27.8 Å². The maximum absolute atomic E-state index is 14.8. The first kappa shape index (κ1) is 28.1. The van der Waals surface area contributed by atoms with Crippen molar-refractivity contribution in [2.75, 3.05) is 11.4 Å². The number of alkyl halides is 3. The van der Waals surface area contributed by atoms with E-state index in [9.17, 15) is 41.4 Å². The van der Waals surface area contributed by atoms with Crippen LogP contribution in [-0.2, 0) is 4.79 Å². The fourth-order valence-electron chi connectivity index (χ4n) is 4.41. The Bertz CT molecular complexity index is 1760. The van der Waals surface area contributed by atoms with Crippen LogP contribution in [0.5, 0.6) is 0 Å². The highest BCUT2D eigenvalue weighted by atomic mass is 35.5. The van der Waals surface area contributed by atoms with Crippen LogP contribution in [-0.4, -0.2) is 50.3 Å². The van der Waals surface area contributed by atoms with E-state index in [1.165, 1.54) is 18.2 Å². The third-order valence-corrected chi connectivity index (χ3v) is 6.50. The number of nitrogens with zero attached hydrogens (tertiary/aromatic N) is 4. The standard InChI is InChI=1S/C26H17ClF5N5O4/c27-13-3-1-2-12(6-13)22(26(30,31)32)35-25(41)17-11-37(24-18(29)7-14(28)9-33-24)23-16(21(17)40)4-5-19(34-23)36-10-15(38)8-20(36)39/h1-7,9,11,15,22,38H,8,10H2,(H,35,41)/t15-,22?/m0/s1. The molecule has 1 fully saturated rings. The number of hydrogen-bond acceptors (Lipinski definition) is 6. The number of anilines is 1. The fraction of sp³-hybridized carbons (Fsp3) is 0.192. The molecule has 4 aromatic rings. The predicted molar refractivity (Wildman–Crippen MR) is 136 cm³/mol. The average molecular weight is 594 g/mol. The summed E-state index contributed by atoms with van der Waals surface area (Å²) in [6.07, 6.45) is -4.79. The molecule has 1 aliphatic rings. The van der Waals surface area contributed by atoms with Crippen LogP contribution in [0.15, 0.2) is 59.7 Å². The number of rotatable bonds is 5. The van der Waals surface area contributed by atoms with Gasteiger partial charge in [0.25, 0.3) is 5.91 Å². The first-order valence-corrected chi connectivity index (χ1v) is 12.2. The number of nitrogens with one attached hydrogen (secondary N) is 1. The highest BCUT2D eigenvalue weighted by molar-refractivity contribution is 6.30. The number of benzene rings is 1. The Labute approximate surface area is 231 Å². The van der Waals surface area contributed by atoms with Crippen LogP contribution >= 0.6 is 11.6 Å². The molecule has 2 amide bonds. The molecule has 1 unspecified atom stereocenters. The zero-order chi connectivity index (χ0) is 29.6. The number of β-amino-alcohol motifs (C(OH)–C–C–N with tert-alkyl or cyclic N) is 1. The number of amides is 2. The second-order valence-electron chi connectivity index (χ2n) is 9.11. The molecule has 1 saturated heterocycles. The Kier molecular flexibility index (Phi) is 7.21. The highest BCUT2D eigenvalue weighted by Crippen LogP contribution is 2.34. The molecule has 0 spiro atoms. The summed E-state index contributed by atoms with van der Waals surface area (Å²) in [6, 6.07) is 4.95. The van der Waals surface area contributed by atoms with Crippen molar-refractivity contribution in [3.8, 4) is 5.82 Å². The molecular formula is C26H17ClF5N5O4. The Balaban J connectivity index is 1.67. The SMILES string of the molecule is O=C(NC(c1cccc(Cl)c1)C(F)(F)F)c1cn(-c2ncc(F)cc2F)c2nc(N3C[C@@H](O)CC3=O)ccc2c1=O. The maximum Gasteiger partial charge on any atom is 0.412 e. The number of pyridine rings is 3. The van der Waals surface area contributed by atoms with E-state index < -0.39 is 64.1 Å². The van der Waals surface area contributed by atoms with Gasteiger partial charge in [0.15, 0.2) is 23.3 Å². The quantitative estimate of drug-likeness (QED) is 0.340. The second kappa shape index (κ2) is 10.5. The lowest BCUT2D eigenvalue weighted by Crippen LogP contribution is -2.40. The van der Waals surface area contributed by atoms with Crippen molar-refractivity contribution in [1.82, 2.24) is 19.9 Å². The Morgan fingerprint density at radius 3 is 2.54 bits per heavy atom. The summed E-state index contributed by atoms with van der Waals surface area (Å²) in [5.74, 6) is -4.91. The summed E-state index contributed by atoms with van der Waals surface area (Å²) in [7, 11) is 0. The number of aliphatic hydroxyl groups excluding tert-OH is 1. The van der Waals surface area contributed by atoms with Gasteiger partial charge in [-0.2, -0.15) is 13.2 Å². The molecule has 9 nitrogen and oxygen atoms in total. The minimum Gasteiger partial charge on any atom is -0.391 e. The van der Waals surface area contributed by atoms with Crippen molar-refractivity contribution < 1.29 is 36.6 Å². The van der Waals surface area contributed by atoms with Crippen LogP contribution in [0.25, 0.3) is 16.9 Å². The first-order chi connectivity index (χ1) is 19.3. The number of aliphatic hydroxyl groups is 1. The summed E-state index contributed by atoms with van der Waals surface area (Å²) in [6.45, 7) is -0.118. The third-order valence-electron chi connectivity index (χ3n) is 6.26. The third kappa shape index (κ3) is 5.47. The Morgan fingerprint density at radius 1 is 1.15 bits per heavy atom.